The highest BCUT2D eigenvalue weighted by atomic mass is 16.5. The normalized spacial score (nSPS) is 19.7. The molecule has 0 radical (unpaired) electrons. The predicted molar refractivity (Wildman–Crippen MR) is 122 cm³/mol. The van der Waals surface area contributed by atoms with Crippen LogP contribution in [0.2, 0.25) is 0 Å². The molecular weight excluding hydrogens is 404 g/mol. The number of carbonyl (C=O) groups excluding carboxylic acids is 1. The lowest BCUT2D eigenvalue weighted by Crippen LogP contribution is -2.26. The lowest BCUT2D eigenvalue weighted by Gasteiger charge is -2.35. The fourth-order valence-corrected chi connectivity index (χ4v) is 5.28. The van der Waals surface area contributed by atoms with Gasteiger partial charge in [-0.1, -0.05) is 37.2 Å². The molecule has 0 bridgehead atoms. The number of aromatic nitrogens is 1. The van der Waals surface area contributed by atoms with Crippen molar-refractivity contribution in [3.05, 3.63) is 52.8 Å². The lowest BCUT2D eigenvalue weighted by molar-refractivity contribution is 0.0966. The van der Waals surface area contributed by atoms with Gasteiger partial charge in [-0.25, -0.2) is 0 Å². The van der Waals surface area contributed by atoms with Gasteiger partial charge in [-0.2, -0.15) is 0 Å². The third-order valence-corrected chi connectivity index (χ3v) is 7.27. The minimum Gasteiger partial charge on any atom is -0.508 e. The largest absolute Gasteiger partial charge is 0.508 e. The first-order valence-electron chi connectivity index (χ1n) is 11.3. The Morgan fingerprint density at radius 2 is 1.84 bits per heavy atom. The van der Waals surface area contributed by atoms with Gasteiger partial charge in [0.2, 0.25) is 5.76 Å². The Morgan fingerprint density at radius 1 is 1.06 bits per heavy atom. The monoisotopic (exact) mass is 432 g/mol. The second-order valence-electron chi connectivity index (χ2n) is 9.51. The van der Waals surface area contributed by atoms with E-state index in [1.54, 1.807) is 6.07 Å². The molecule has 1 fully saturated rings. The number of phenols is 2. The van der Waals surface area contributed by atoms with E-state index in [9.17, 15) is 15.0 Å². The molecule has 6 heteroatoms. The van der Waals surface area contributed by atoms with Crippen molar-refractivity contribution in [3.63, 3.8) is 0 Å². The summed E-state index contributed by atoms with van der Waals surface area (Å²) in [5.41, 5.74) is 10.9. The van der Waals surface area contributed by atoms with Crippen molar-refractivity contribution in [2.75, 3.05) is 0 Å². The van der Waals surface area contributed by atoms with Crippen LogP contribution in [0.15, 0.2) is 34.9 Å². The number of rotatable bonds is 4. The maximum absolute atomic E-state index is 12.2. The van der Waals surface area contributed by atoms with Crippen molar-refractivity contribution < 1.29 is 19.5 Å². The van der Waals surface area contributed by atoms with Gasteiger partial charge in [-0.3, -0.25) is 4.79 Å². The first kappa shape index (κ1) is 20.6. The van der Waals surface area contributed by atoms with Crippen LogP contribution in [-0.2, 0) is 12.8 Å². The maximum atomic E-state index is 12.2. The SMILES string of the molecule is CC(C)c1cc(-c2noc(C(N)=O)c2-c2ccc3c(c2)CCC2CCC2C3)c(O)cc1O. The van der Waals surface area contributed by atoms with E-state index in [0.717, 1.165) is 30.2 Å². The van der Waals surface area contributed by atoms with E-state index < -0.39 is 5.91 Å². The molecule has 166 valence electrons. The zero-order valence-electron chi connectivity index (χ0n) is 18.4. The number of nitrogens with zero attached hydrogens (tertiary/aromatic N) is 1. The Bertz CT molecular complexity index is 1210. The second-order valence-corrected chi connectivity index (χ2v) is 9.51. The van der Waals surface area contributed by atoms with E-state index in [1.807, 2.05) is 19.9 Å². The quantitative estimate of drug-likeness (QED) is 0.528. The summed E-state index contributed by atoms with van der Waals surface area (Å²) >= 11 is 0. The number of amides is 1. The highest BCUT2D eigenvalue weighted by Crippen LogP contribution is 2.45. The summed E-state index contributed by atoms with van der Waals surface area (Å²) in [5, 5.41) is 25.0. The first-order valence-corrected chi connectivity index (χ1v) is 11.3. The lowest BCUT2D eigenvalue weighted by atomic mass is 9.70. The van der Waals surface area contributed by atoms with Crippen molar-refractivity contribution in [1.29, 1.82) is 0 Å². The molecule has 2 unspecified atom stereocenters. The second kappa shape index (κ2) is 7.69. The number of phenolic OH excluding ortho intramolecular Hbond substituents is 2. The molecule has 1 saturated carbocycles. The van der Waals surface area contributed by atoms with Crippen LogP contribution >= 0.6 is 0 Å². The van der Waals surface area contributed by atoms with E-state index in [-0.39, 0.29) is 23.2 Å². The van der Waals surface area contributed by atoms with Crippen LogP contribution in [0.25, 0.3) is 22.4 Å². The predicted octanol–water partition coefficient (Wildman–Crippen LogP) is 5.16. The number of nitrogens with two attached hydrogens (primary N) is 1. The highest BCUT2D eigenvalue weighted by Gasteiger charge is 2.33. The van der Waals surface area contributed by atoms with Crippen LogP contribution in [0, 0.1) is 11.8 Å². The van der Waals surface area contributed by atoms with Crippen molar-refractivity contribution in [1.82, 2.24) is 5.16 Å². The summed E-state index contributed by atoms with van der Waals surface area (Å²) in [7, 11) is 0. The van der Waals surface area contributed by atoms with Gasteiger partial charge in [0, 0.05) is 11.6 Å². The fraction of sp³-hybridized carbons (Fsp3) is 0.385. The summed E-state index contributed by atoms with van der Waals surface area (Å²) in [5.74, 6) is 0.772. The van der Waals surface area contributed by atoms with Crippen molar-refractivity contribution in [2.45, 2.75) is 51.9 Å². The number of aromatic hydroxyl groups is 2. The van der Waals surface area contributed by atoms with Crippen LogP contribution < -0.4 is 5.73 Å². The van der Waals surface area contributed by atoms with Crippen molar-refractivity contribution >= 4 is 5.91 Å². The van der Waals surface area contributed by atoms with Gasteiger partial charge in [0.1, 0.15) is 17.2 Å². The highest BCUT2D eigenvalue weighted by molar-refractivity contribution is 6.01. The molecule has 0 spiro atoms. The third kappa shape index (κ3) is 3.34. The van der Waals surface area contributed by atoms with Crippen LogP contribution in [0.1, 0.15) is 66.3 Å². The zero-order valence-corrected chi connectivity index (χ0v) is 18.4. The molecule has 5 rings (SSSR count). The molecule has 2 aliphatic carbocycles. The van der Waals surface area contributed by atoms with Gasteiger partial charge in [-0.15, -0.1) is 0 Å². The minimum absolute atomic E-state index is 0.0149. The molecule has 4 N–H and O–H groups in total. The van der Waals surface area contributed by atoms with Crippen molar-refractivity contribution in [2.24, 2.45) is 17.6 Å². The van der Waals surface area contributed by atoms with E-state index in [1.165, 1.54) is 36.5 Å². The molecule has 6 nitrogen and oxygen atoms in total. The van der Waals surface area contributed by atoms with E-state index in [0.29, 0.717) is 22.4 Å². The number of fused-ring (bicyclic) bond motifs is 2. The molecule has 1 heterocycles. The molecule has 2 aliphatic rings. The minimum atomic E-state index is -0.714. The number of hydrogen-bond donors (Lipinski definition) is 3. The Kier molecular flexibility index (Phi) is 4.96. The van der Waals surface area contributed by atoms with Crippen LogP contribution in [0.5, 0.6) is 11.5 Å². The summed E-state index contributed by atoms with van der Waals surface area (Å²) in [6, 6.07) is 9.25. The fourth-order valence-electron chi connectivity index (χ4n) is 5.28. The smallest absolute Gasteiger partial charge is 0.288 e. The van der Waals surface area contributed by atoms with Gasteiger partial charge in [0.15, 0.2) is 0 Å². The summed E-state index contributed by atoms with van der Waals surface area (Å²) in [6.45, 7) is 3.90. The van der Waals surface area contributed by atoms with Crippen LogP contribution in [0.3, 0.4) is 0 Å². The number of carbonyl (C=O) groups is 1. The molecule has 1 amide bonds. The van der Waals surface area contributed by atoms with Gasteiger partial charge in [0.25, 0.3) is 5.91 Å². The summed E-state index contributed by atoms with van der Waals surface area (Å²) in [6.07, 6.45) is 5.95. The van der Waals surface area contributed by atoms with Crippen LogP contribution in [0.4, 0.5) is 0 Å². The Morgan fingerprint density at radius 3 is 2.53 bits per heavy atom. The van der Waals surface area contributed by atoms with Crippen molar-refractivity contribution in [3.8, 4) is 33.9 Å². The topological polar surface area (TPSA) is 110 Å². The molecule has 2 atom stereocenters. The number of hydrogen-bond acceptors (Lipinski definition) is 5. The average Bonchev–Trinajstić information content (AvgIpc) is 3.12. The maximum Gasteiger partial charge on any atom is 0.288 e. The first-order chi connectivity index (χ1) is 15.3. The molecule has 2 aromatic carbocycles. The van der Waals surface area contributed by atoms with Gasteiger partial charge in [0.05, 0.1) is 5.56 Å². The standard InChI is InChI=1S/C26H28N2O4/c1-13(2)19-11-20(22(30)12-21(19)29)24-23(25(26(27)31)32-28-24)18-8-7-16-9-15-5-3-14(15)4-6-17(16)10-18/h7-8,10-15,29-30H,3-6,9H2,1-2H3,(H2,27,31). The Balaban J connectivity index is 1.65. The molecule has 0 saturated heterocycles. The Labute approximate surface area is 187 Å². The summed E-state index contributed by atoms with van der Waals surface area (Å²) in [4.78, 5) is 12.2. The third-order valence-electron chi connectivity index (χ3n) is 7.27. The number of aryl methyl sites for hydroxylation is 1. The average molecular weight is 433 g/mol. The van der Waals surface area contributed by atoms with Gasteiger partial charge in [-0.05, 0) is 78.2 Å². The molecule has 0 aliphatic heterocycles. The molecule has 32 heavy (non-hydrogen) atoms. The van der Waals surface area contributed by atoms with Crippen LogP contribution in [-0.4, -0.2) is 21.3 Å². The van der Waals surface area contributed by atoms with Gasteiger partial charge < -0.3 is 20.5 Å². The Hall–Kier alpha value is -3.28. The number of benzene rings is 2. The van der Waals surface area contributed by atoms with E-state index in [2.05, 4.69) is 17.3 Å². The summed E-state index contributed by atoms with van der Waals surface area (Å²) < 4.78 is 5.37. The van der Waals surface area contributed by atoms with E-state index >= 15 is 0 Å². The zero-order chi connectivity index (χ0) is 22.6. The molecule has 1 aromatic heterocycles. The van der Waals surface area contributed by atoms with Gasteiger partial charge >= 0.3 is 0 Å². The molecular formula is C26H28N2O4. The number of primary amides is 1. The van der Waals surface area contributed by atoms with E-state index in [4.69, 9.17) is 10.3 Å². The molecule has 3 aromatic rings.